The number of imidazole rings is 1. The van der Waals surface area contributed by atoms with Crippen LogP contribution in [0.4, 0.5) is 0 Å². The Hall–Kier alpha value is -4.06. The van der Waals surface area contributed by atoms with Gasteiger partial charge in [-0.25, -0.2) is 4.98 Å². The van der Waals surface area contributed by atoms with E-state index in [1.54, 1.807) is 0 Å². The van der Waals surface area contributed by atoms with E-state index in [0.29, 0.717) is 25.3 Å². The number of aromatic nitrogens is 3. The Morgan fingerprint density at radius 1 is 1.00 bits per heavy atom. The monoisotopic (exact) mass is 422 g/mol. The zero-order valence-corrected chi connectivity index (χ0v) is 17.7. The van der Waals surface area contributed by atoms with E-state index < -0.39 is 0 Å². The molecule has 3 heterocycles. The number of hydrogen-bond donors (Lipinski definition) is 2. The lowest BCUT2D eigenvalue weighted by molar-refractivity contribution is 0.0733. The number of nitrogens with one attached hydrogen (secondary N) is 2. The van der Waals surface area contributed by atoms with E-state index >= 15 is 0 Å². The molecular weight excluding hydrogens is 400 g/mol. The van der Waals surface area contributed by atoms with Gasteiger partial charge in [0.1, 0.15) is 18.2 Å². The number of aryl methyl sites for hydroxylation is 1. The van der Waals surface area contributed by atoms with Crippen LogP contribution in [0.15, 0.2) is 66.9 Å². The summed E-state index contributed by atoms with van der Waals surface area (Å²) in [6, 6.07) is 20.2. The van der Waals surface area contributed by atoms with Crippen LogP contribution in [0.1, 0.15) is 21.7 Å². The summed E-state index contributed by atoms with van der Waals surface area (Å²) in [7, 11) is 0. The molecule has 0 saturated carbocycles. The van der Waals surface area contributed by atoms with Gasteiger partial charge < -0.3 is 19.6 Å². The highest BCUT2D eigenvalue weighted by Gasteiger charge is 2.22. The maximum absolute atomic E-state index is 13.3. The van der Waals surface area contributed by atoms with Crippen LogP contribution in [0.5, 0.6) is 5.75 Å². The molecule has 158 valence electrons. The average molecular weight is 422 g/mol. The second-order valence-electron chi connectivity index (χ2n) is 8.23. The molecule has 1 amide bonds. The van der Waals surface area contributed by atoms with Crippen LogP contribution in [-0.2, 0) is 6.54 Å². The molecule has 0 aliphatic carbocycles. The molecule has 32 heavy (non-hydrogen) atoms. The molecule has 0 unspecified atom stereocenters. The van der Waals surface area contributed by atoms with E-state index in [9.17, 15) is 4.79 Å². The number of fused-ring (bicyclic) bond motifs is 3. The molecule has 5 aromatic rings. The average Bonchev–Trinajstić information content (AvgIpc) is 3.36. The molecule has 2 aromatic heterocycles. The fourth-order valence-corrected chi connectivity index (χ4v) is 4.43. The molecule has 6 nitrogen and oxygen atoms in total. The summed E-state index contributed by atoms with van der Waals surface area (Å²) in [5.74, 6) is 1.75. The van der Waals surface area contributed by atoms with Crippen LogP contribution in [-0.4, -0.2) is 38.9 Å². The fraction of sp³-hybridized carbons (Fsp3) is 0.154. The number of carbonyl (C=O) groups is 1. The van der Waals surface area contributed by atoms with Gasteiger partial charge in [-0.15, -0.1) is 0 Å². The molecule has 0 fully saturated rings. The van der Waals surface area contributed by atoms with Crippen LogP contribution in [0.3, 0.4) is 0 Å². The second-order valence-corrected chi connectivity index (χ2v) is 8.23. The second kappa shape index (κ2) is 7.27. The van der Waals surface area contributed by atoms with E-state index in [0.717, 1.165) is 50.2 Å². The molecule has 0 bridgehead atoms. The number of amides is 1. The lowest BCUT2D eigenvalue weighted by Crippen LogP contribution is -2.32. The molecular formula is C26H22N4O2. The van der Waals surface area contributed by atoms with Crippen molar-refractivity contribution in [3.8, 4) is 16.9 Å². The Kier molecular flexibility index (Phi) is 4.24. The lowest BCUT2D eigenvalue weighted by atomic mass is 10.0. The van der Waals surface area contributed by atoms with Crippen molar-refractivity contribution in [2.75, 3.05) is 13.2 Å². The first kappa shape index (κ1) is 18.7. The minimum atomic E-state index is 0.0118. The topological polar surface area (TPSA) is 74.0 Å². The summed E-state index contributed by atoms with van der Waals surface area (Å²) in [6.07, 6.45) is 1.89. The van der Waals surface area contributed by atoms with Crippen LogP contribution in [0.25, 0.3) is 33.1 Å². The number of H-pyrrole nitrogens is 2. The van der Waals surface area contributed by atoms with Gasteiger partial charge in [-0.1, -0.05) is 18.2 Å². The van der Waals surface area contributed by atoms with Gasteiger partial charge in [0.25, 0.3) is 5.91 Å². The van der Waals surface area contributed by atoms with Crippen molar-refractivity contribution in [1.29, 1.82) is 0 Å². The van der Waals surface area contributed by atoms with Gasteiger partial charge in [-0.05, 0) is 65.9 Å². The van der Waals surface area contributed by atoms with Crippen molar-refractivity contribution in [1.82, 2.24) is 19.9 Å². The Bertz CT molecular complexity index is 1480. The Morgan fingerprint density at radius 3 is 2.81 bits per heavy atom. The molecule has 1 aliphatic heterocycles. The SMILES string of the molecule is Cc1nc2ccc(-c3ccc4c(c3)CN(C(=O)c3ccc5cc[nH]c5c3)CCO4)cc2[nH]1. The third-order valence-electron chi connectivity index (χ3n) is 6.06. The van der Waals surface area contributed by atoms with Crippen molar-refractivity contribution in [2.24, 2.45) is 0 Å². The fourth-order valence-electron chi connectivity index (χ4n) is 4.43. The highest BCUT2D eigenvalue weighted by atomic mass is 16.5. The van der Waals surface area contributed by atoms with E-state index in [1.165, 1.54) is 0 Å². The zero-order chi connectivity index (χ0) is 21.7. The molecule has 2 N–H and O–H groups in total. The van der Waals surface area contributed by atoms with Crippen LogP contribution in [0, 0.1) is 6.92 Å². The van der Waals surface area contributed by atoms with Crippen LogP contribution in [0.2, 0.25) is 0 Å². The normalized spacial score (nSPS) is 13.7. The number of nitrogens with zero attached hydrogens (tertiary/aromatic N) is 2. The maximum Gasteiger partial charge on any atom is 0.254 e. The van der Waals surface area contributed by atoms with E-state index in [-0.39, 0.29) is 5.91 Å². The van der Waals surface area contributed by atoms with Crippen LogP contribution < -0.4 is 4.74 Å². The summed E-state index contributed by atoms with van der Waals surface area (Å²) < 4.78 is 5.97. The highest BCUT2D eigenvalue weighted by molar-refractivity contribution is 5.98. The number of benzene rings is 3. The number of rotatable bonds is 2. The zero-order valence-electron chi connectivity index (χ0n) is 17.7. The van der Waals surface area contributed by atoms with E-state index in [4.69, 9.17) is 4.74 Å². The third kappa shape index (κ3) is 3.21. The first-order valence-electron chi connectivity index (χ1n) is 10.7. The predicted molar refractivity (Wildman–Crippen MR) is 125 cm³/mol. The summed E-state index contributed by atoms with van der Waals surface area (Å²) in [4.78, 5) is 26.1. The van der Waals surface area contributed by atoms with Crippen LogP contribution >= 0.6 is 0 Å². The maximum atomic E-state index is 13.3. The predicted octanol–water partition coefficient (Wildman–Crippen LogP) is 5.05. The molecule has 0 radical (unpaired) electrons. The molecule has 0 atom stereocenters. The van der Waals surface area contributed by atoms with Crippen molar-refractivity contribution in [2.45, 2.75) is 13.5 Å². The van der Waals surface area contributed by atoms with Gasteiger partial charge in [-0.2, -0.15) is 0 Å². The molecule has 0 spiro atoms. The molecule has 1 aliphatic rings. The number of aromatic amines is 2. The van der Waals surface area contributed by atoms with Gasteiger partial charge in [0.15, 0.2) is 0 Å². The Morgan fingerprint density at radius 2 is 1.88 bits per heavy atom. The largest absolute Gasteiger partial charge is 0.491 e. The van der Waals surface area contributed by atoms with Gasteiger partial charge in [0, 0.05) is 29.4 Å². The quantitative estimate of drug-likeness (QED) is 0.418. The third-order valence-corrected chi connectivity index (χ3v) is 6.06. The van der Waals surface area contributed by atoms with Gasteiger partial charge in [0.05, 0.1) is 17.6 Å². The summed E-state index contributed by atoms with van der Waals surface area (Å²) in [6.45, 7) is 3.49. The van der Waals surface area contributed by atoms with Crippen molar-refractivity contribution >= 4 is 27.8 Å². The lowest BCUT2D eigenvalue weighted by Gasteiger charge is -2.20. The van der Waals surface area contributed by atoms with Gasteiger partial charge in [-0.3, -0.25) is 4.79 Å². The molecule has 0 saturated heterocycles. The molecule has 6 rings (SSSR count). The minimum absolute atomic E-state index is 0.0118. The summed E-state index contributed by atoms with van der Waals surface area (Å²) in [5.41, 5.74) is 6.82. The number of hydrogen-bond acceptors (Lipinski definition) is 3. The number of ether oxygens (including phenoxy) is 1. The smallest absolute Gasteiger partial charge is 0.254 e. The van der Waals surface area contributed by atoms with Gasteiger partial charge in [0.2, 0.25) is 0 Å². The summed E-state index contributed by atoms with van der Waals surface area (Å²) >= 11 is 0. The molecule has 6 heteroatoms. The van der Waals surface area contributed by atoms with Crippen molar-refractivity contribution in [3.05, 3.63) is 83.8 Å². The summed E-state index contributed by atoms with van der Waals surface area (Å²) in [5, 5.41) is 1.10. The first-order valence-corrected chi connectivity index (χ1v) is 10.7. The highest BCUT2D eigenvalue weighted by Crippen LogP contribution is 2.31. The Labute approximate surface area is 184 Å². The van der Waals surface area contributed by atoms with Crippen molar-refractivity contribution < 1.29 is 9.53 Å². The first-order chi connectivity index (χ1) is 15.6. The van der Waals surface area contributed by atoms with E-state index in [2.05, 4.69) is 39.2 Å². The molecule has 3 aromatic carbocycles. The minimum Gasteiger partial charge on any atom is -0.491 e. The van der Waals surface area contributed by atoms with Gasteiger partial charge >= 0.3 is 0 Å². The Balaban J connectivity index is 1.32. The number of carbonyl (C=O) groups excluding carboxylic acids is 1. The van der Waals surface area contributed by atoms with E-state index in [1.807, 2.05) is 54.4 Å². The van der Waals surface area contributed by atoms with Crippen molar-refractivity contribution in [3.63, 3.8) is 0 Å². The standard InChI is InChI=1S/C26H22N4O2/c1-16-28-22-6-4-19(13-24(22)29-16)18-5-7-25-21(12-18)15-30(10-11-32-25)26(31)20-3-2-17-8-9-27-23(17)14-20/h2-9,12-14,27H,10-11,15H2,1H3,(H,28,29).